The van der Waals surface area contributed by atoms with Crippen LogP contribution in [0, 0.1) is 0 Å². The number of ether oxygens (including phenoxy) is 1. The predicted molar refractivity (Wildman–Crippen MR) is 79.9 cm³/mol. The second kappa shape index (κ2) is 6.06. The van der Waals surface area contributed by atoms with Crippen LogP contribution < -0.4 is 10.1 Å². The molecule has 2 rings (SSSR count). The van der Waals surface area contributed by atoms with Crippen LogP contribution in [0.15, 0.2) is 34.1 Å². The molecule has 7 heteroatoms. The highest BCUT2D eigenvalue weighted by molar-refractivity contribution is 9.10. The van der Waals surface area contributed by atoms with E-state index < -0.39 is 5.97 Å². The number of carbonyl (C=O) groups excluding carboxylic acids is 1. The van der Waals surface area contributed by atoms with Crippen molar-refractivity contribution in [3.05, 3.63) is 44.6 Å². The number of carboxylic acids is 1. The third-order valence-electron chi connectivity index (χ3n) is 2.52. The van der Waals surface area contributed by atoms with Gasteiger partial charge in [0, 0.05) is 5.56 Å². The first-order valence-corrected chi connectivity index (χ1v) is 7.16. The highest BCUT2D eigenvalue weighted by atomic mass is 79.9. The third kappa shape index (κ3) is 3.00. The van der Waals surface area contributed by atoms with Crippen molar-refractivity contribution in [3.63, 3.8) is 0 Å². The Balaban J connectivity index is 2.22. The van der Waals surface area contributed by atoms with Crippen molar-refractivity contribution >= 4 is 44.8 Å². The molecule has 0 atom stereocenters. The van der Waals surface area contributed by atoms with E-state index in [1.165, 1.54) is 7.11 Å². The van der Waals surface area contributed by atoms with E-state index in [1.54, 1.807) is 29.6 Å². The first-order valence-electron chi connectivity index (χ1n) is 5.48. The van der Waals surface area contributed by atoms with E-state index in [2.05, 4.69) is 21.2 Å². The van der Waals surface area contributed by atoms with E-state index in [0.29, 0.717) is 21.5 Å². The summed E-state index contributed by atoms with van der Waals surface area (Å²) < 4.78 is 5.73. The molecular formula is C13H10BrNO4S. The smallest absolute Gasteiger partial charge is 0.348 e. The van der Waals surface area contributed by atoms with Crippen LogP contribution in [0.25, 0.3) is 0 Å². The molecule has 0 saturated heterocycles. The molecule has 1 aromatic carbocycles. The van der Waals surface area contributed by atoms with Crippen LogP contribution in [0.2, 0.25) is 0 Å². The Kier molecular flexibility index (Phi) is 4.41. The number of halogens is 1. The van der Waals surface area contributed by atoms with Crippen LogP contribution in [0.3, 0.4) is 0 Å². The molecule has 0 bridgehead atoms. The molecule has 1 amide bonds. The van der Waals surface area contributed by atoms with Crippen LogP contribution in [0.1, 0.15) is 20.0 Å². The maximum absolute atomic E-state index is 12.1. The molecule has 104 valence electrons. The number of anilines is 1. The normalized spacial score (nSPS) is 10.1. The summed E-state index contributed by atoms with van der Waals surface area (Å²) in [6.07, 6.45) is 0. The molecule has 1 heterocycles. The Bertz CT molecular complexity index is 668. The quantitative estimate of drug-likeness (QED) is 0.880. The topological polar surface area (TPSA) is 75.6 Å². The second-order valence-corrected chi connectivity index (χ2v) is 5.54. The summed E-state index contributed by atoms with van der Waals surface area (Å²) in [4.78, 5) is 23.2. The Morgan fingerprint density at radius 2 is 2.10 bits per heavy atom. The summed E-state index contributed by atoms with van der Waals surface area (Å²) in [5.74, 6) is -0.830. The molecule has 0 aliphatic carbocycles. The fourth-order valence-electron chi connectivity index (χ4n) is 1.58. The molecule has 2 aromatic rings. The van der Waals surface area contributed by atoms with Gasteiger partial charge in [0.15, 0.2) is 0 Å². The summed E-state index contributed by atoms with van der Waals surface area (Å²) >= 11 is 4.35. The summed E-state index contributed by atoms with van der Waals surface area (Å²) in [5.41, 5.74) is 0.694. The standard InChI is InChI=1S/C13H10BrNO4S/c1-19-10-3-2-7(6-8(10)14)12(16)15-9-4-5-20-11(9)13(17)18/h2-6H,1H3,(H,15,16)(H,17,18). The van der Waals surface area contributed by atoms with Crippen molar-refractivity contribution in [1.82, 2.24) is 0 Å². The van der Waals surface area contributed by atoms with Gasteiger partial charge in [0.1, 0.15) is 10.6 Å². The molecule has 0 saturated carbocycles. The number of aromatic carboxylic acids is 1. The number of amides is 1. The highest BCUT2D eigenvalue weighted by Crippen LogP contribution is 2.27. The molecule has 0 spiro atoms. The van der Waals surface area contributed by atoms with Gasteiger partial charge in [-0.2, -0.15) is 0 Å². The molecule has 5 nitrogen and oxygen atoms in total. The van der Waals surface area contributed by atoms with Gasteiger partial charge < -0.3 is 15.2 Å². The van der Waals surface area contributed by atoms with Crippen LogP contribution in [-0.2, 0) is 0 Å². The zero-order valence-corrected chi connectivity index (χ0v) is 12.7. The fraction of sp³-hybridized carbons (Fsp3) is 0.0769. The SMILES string of the molecule is COc1ccc(C(=O)Nc2ccsc2C(=O)O)cc1Br. The predicted octanol–water partition coefficient (Wildman–Crippen LogP) is 3.47. The van der Waals surface area contributed by atoms with Gasteiger partial charge >= 0.3 is 5.97 Å². The van der Waals surface area contributed by atoms with Crippen LogP contribution in [0.5, 0.6) is 5.75 Å². The number of hydrogen-bond donors (Lipinski definition) is 2. The lowest BCUT2D eigenvalue weighted by Crippen LogP contribution is -2.13. The monoisotopic (exact) mass is 355 g/mol. The Labute approximate surface area is 127 Å². The summed E-state index contributed by atoms with van der Waals surface area (Å²) in [5, 5.41) is 13.2. The molecule has 20 heavy (non-hydrogen) atoms. The van der Waals surface area contributed by atoms with Crippen molar-refractivity contribution in [3.8, 4) is 5.75 Å². The Morgan fingerprint density at radius 1 is 1.35 bits per heavy atom. The van der Waals surface area contributed by atoms with Gasteiger partial charge in [0.25, 0.3) is 5.91 Å². The van der Waals surface area contributed by atoms with Gasteiger partial charge in [-0.15, -0.1) is 11.3 Å². The van der Waals surface area contributed by atoms with E-state index in [0.717, 1.165) is 11.3 Å². The molecule has 0 radical (unpaired) electrons. The van der Waals surface area contributed by atoms with E-state index in [4.69, 9.17) is 9.84 Å². The van der Waals surface area contributed by atoms with Gasteiger partial charge in [-0.25, -0.2) is 4.79 Å². The lowest BCUT2D eigenvalue weighted by molar-refractivity contribution is 0.0703. The fourth-order valence-corrected chi connectivity index (χ4v) is 2.80. The number of nitrogens with one attached hydrogen (secondary N) is 1. The first kappa shape index (κ1) is 14.5. The van der Waals surface area contributed by atoms with Crippen LogP contribution in [-0.4, -0.2) is 24.1 Å². The van der Waals surface area contributed by atoms with Crippen molar-refractivity contribution in [2.75, 3.05) is 12.4 Å². The first-order chi connectivity index (χ1) is 9.52. The summed E-state index contributed by atoms with van der Waals surface area (Å²) in [7, 11) is 1.53. The van der Waals surface area contributed by atoms with Gasteiger partial charge in [-0.05, 0) is 45.6 Å². The minimum atomic E-state index is -1.06. The molecule has 2 N–H and O–H groups in total. The van der Waals surface area contributed by atoms with E-state index in [-0.39, 0.29) is 10.8 Å². The average Bonchev–Trinajstić information content (AvgIpc) is 2.86. The van der Waals surface area contributed by atoms with Gasteiger partial charge in [0.2, 0.25) is 0 Å². The zero-order chi connectivity index (χ0) is 14.7. The average molecular weight is 356 g/mol. The molecule has 1 aromatic heterocycles. The number of benzene rings is 1. The van der Waals surface area contributed by atoms with Gasteiger partial charge in [0.05, 0.1) is 17.3 Å². The lowest BCUT2D eigenvalue weighted by atomic mass is 10.2. The molecule has 0 unspecified atom stereocenters. The largest absolute Gasteiger partial charge is 0.496 e. The van der Waals surface area contributed by atoms with Crippen LogP contribution >= 0.6 is 27.3 Å². The van der Waals surface area contributed by atoms with Crippen molar-refractivity contribution in [2.24, 2.45) is 0 Å². The molecule has 0 fully saturated rings. The van der Waals surface area contributed by atoms with Gasteiger partial charge in [-0.1, -0.05) is 0 Å². The number of carbonyl (C=O) groups is 2. The Hall–Kier alpha value is -1.86. The number of methoxy groups -OCH3 is 1. The summed E-state index contributed by atoms with van der Waals surface area (Å²) in [6, 6.07) is 6.43. The van der Waals surface area contributed by atoms with Crippen molar-refractivity contribution < 1.29 is 19.4 Å². The second-order valence-electron chi connectivity index (χ2n) is 3.77. The molecule has 0 aliphatic rings. The van der Waals surface area contributed by atoms with Crippen molar-refractivity contribution in [2.45, 2.75) is 0 Å². The van der Waals surface area contributed by atoms with Crippen LogP contribution in [0.4, 0.5) is 5.69 Å². The van der Waals surface area contributed by atoms with E-state index in [1.807, 2.05) is 0 Å². The summed E-state index contributed by atoms with van der Waals surface area (Å²) in [6.45, 7) is 0. The van der Waals surface area contributed by atoms with Crippen molar-refractivity contribution in [1.29, 1.82) is 0 Å². The molecule has 0 aliphatic heterocycles. The number of thiophene rings is 1. The minimum absolute atomic E-state index is 0.103. The Morgan fingerprint density at radius 3 is 2.70 bits per heavy atom. The van der Waals surface area contributed by atoms with Gasteiger partial charge in [-0.3, -0.25) is 4.79 Å². The number of rotatable bonds is 4. The van der Waals surface area contributed by atoms with E-state index >= 15 is 0 Å². The zero-order valence-electron chi connectivity index (χ0n) is 10.3. The maximum atomic E-state index is 12.1. The molecular weight excluding hydrogens is 346 g/mol. The highest BCUT2D eigenvalue weighted by Gasteiger charge is 2.15. The third-order valence-corrected chi connectivity index (χ3v) is 4.04. The number of hydrogen-bond acceptors (Lipinski definition) is 4. The minimum Gasteiger partial charge on any atom is -0.496 e. The maximum Gasteiger partial charge on any atom is 0.348 e. The lowest BCUT2D eigenvalue weighted by Gasteiger charge is -2.07. The van der Waals surface area contributed by atoms with E-state index in [9.17, 15) is 9.59 Å². The number of carboxylic acid groups (broad SMARTS) is 1.